The molecule has 0 bridgehead atoms. The molecule has 3 amide bonds. The zero-order valence-electron chi connectivity index (χ0n) is 14.8. The van der Waals surface area contributed by atoms with Gasteiger partial charge in [0.1, 0.15) is 0 Å². The predicted molar refractivity (Wildman–Crippen MR) is 98.1 cm³/mol. The highest BCUT2D eigenvalue weighted by Crippen LogP contribution is 2.31. The van der Waals surface area contributed by atoms with E-state index in [1.165, 1.54) is 0 Å². The van der Waals surface area contributed by atoms with Gasteiger partial charge in [-0.25, -0.2) is 4.79 Å². The first kappa shape index (κ1) is 17.5. The molecule has 2 atom stereocenters. The van der Waals surface area contributed by atoms with Gasteiger partial charge >= 0.3 is 6.03 Å². The maximum absolute atomic E-state index is 12.6. The van der Waals surface area contributed by atoms with Gasteiger partial charge in [-0.15, -0.1) is 0 Å². The van der Waals surface area contributed by atoms with Crippen LogP contribution in [0.25, 0.3) is 0 Å². The zero-order valence-corrected chi connectivity index (χ0v) is 14.8. The summed E-state index contributed by atoms with van der Waals surface area (Å²) in [7, 11) is 0. The van der Waals surface area contributed by atoms with Crippen LogP contribution < -0.4 is 10.6 Å². The summed E-state index contributed by atoms with van der Waals surface area (Å²) in [5, 5.41) is 19.7. The van der Waals surface area contributed by atoms with E-state index < -0.39 is 0 Å². The van der Waals surface area contributed by atoms with Gasteiger partial charge in [-0.1, -0.05) is 0 Å². The number of hydrogen-bond acceptors (Lipinski definition) is 5. The lowest BCUT2D eigenvalue weighted by Crippen LogP contribution is -2.40. The van der Waals surface area contributed by atoms with Crippen LogP contribution in [0.2, 0.25) is 0 Å². The van der Waals surface area contributed by atoms with Crippen LogP contribution in [0.4, 0.5) is 16.2 Å². The Labute approximate surface area is 156 Å². The predicted octanol–water partition coefficient (Wildman–Crippen LogP) is 1.47. The Morgan fingerprint density at radius 1 is 1.22 bits per heavy atom. The van der Waals surface area contributed by atoms with Crippen molar-refractivity contribution >= 4 is 23.3 Å². The molecule has 9 nitrogen and oxygen atoms in total. The van der Waals surface area contributed by atoms with Crippen LogP contribution in [0.15, 0.2) is 36.9 Å². The highest BCUT2D eigenvalue weighted by molar-refractivity contribution is 5.93. The maximum Gasteiger partial charge on any atom is 0.322 e. The molecule has 3 heterocycles. The first-order chi connectivity index (χ1) is 13.1. The summed E-state index contributed by atoms with van der Waals surface area (Å²) in [6, 6.07) is 2.87. The number of anilines is 2. The number of nitrogens with zero attached hydrogens (tertiary/aromatic N) is 4. The molecular formula is C18H22N6O3. The molecule has 27 heavy (non-hydrogen) atoms. The van der Waals surface area contributed by atoms with E-state index in [-0.39, 0.29) is 36.5 Å². The second-order valence-corrected chi connectivity index (χ2v) is 7.02. The van der Waals surface area contributed by atoms with Crippen LogP contribution in [-0.4, -0.2) is 55.9 Å². The summed E-state index contributed by atoms with van der Waals surface area (Å²) >= 11 is 0. The molecule has 1 saturated carbocycles. The van der Waals surface area contributed by atoms with Crippen LogP contribution in [0.1, 0.15) is 25.3 Å². The fraction of sp³-hybridized carbons (Fsp3) is 0.444. The van der Waals surface area contributed by atoms with E-state index in [0.717, 1.165) is 12.8 Å². The quantitative estimate of drug-likeness (QED) is 0.738. The Hall–Kier alpha value is -2.94. The summed E-state index contributed by atoms with van der Waals surface area (Å²) < 4.78 is 1.75. The third kappa shape index (κ3) is 3.92. The molecule has 4 rings (SSSR count). The van der Waals surface area contributed by atoms with E-state index in [1.807, 2.05) is 0 Å². The average molecular weight is 370 g/mol. The fourth-order valence-electron chi connectivity index (χ4n) is 3.33. The van der Waals surface area contributed by atoms with Crippen molar-refractivity contribution in [3.8, 4) is 0 Å². The van der Waals surface area contributed by atoms with Gasteiger partial charge in [-0.05, 0) is 31.4 Å². The minimum atomic E-state index is -0.291. The Bertz CT molecular complexity index is 820. The molecule has 142 valence electrons. The van der Waals surface area contributed by atoms with Gasteiger partial charge < -0.3 is 20.6 Å². The number of urea groups is 1. The molecule has 1 aliphatic heterocycles. The Morgan fingerprint density at radius 2 is 2.07 bits per heavy atom. The summed E-state index contributed by atoms with van der Waals surface area (Å²) in [6.45, 7) is 0.304. The monoisotopic (exact) mass is 370 g/mol. The van der Waals surface area contributed by atoms with Gasteiger partial charge in [0.2, 0.25) is 5.91 Å². The zero-order chi connectivity index (χ0) is 18.8. The van der Waals surface area contributed by atoms with Crippen LogP contribution in [0.5, 0.6) is 0 Å². The van der Waals surface area contributed by atoms with Crippen LogP contribution in [0, 0.1) is 5.92 Å². The summed E-state index contributed by atoms with van der Waals surface area (Å²) in [4.78, 5) is 30.0. The van der Waals surface area contributed by atoms with Crippen molar-refractivity contribution in [3.05, 3.63) is 36.9 Å². The van der Waals surface area contributed by atoms with Crippen molar-refractivity contribution in [3.63, 3.8) is 0 Å². The lowest BCUT2D eigenvalue weighted by Gasteiger charge is -2.23. The summed E-state index contributed by atoms with van der Waals surface area (Å²) in [5.74, 6) is 0.164. The number of pyridine rings is 1. The number of nitrogens with one attached hydrogen (secondary N) is 2. The molecule has 0 unspecified atom stereocenters. The number of carbonyl (C=O) groups is 2. The van der Waals surface area contributed by atoms with Crippen LogP contribution >= 0.6 is 0 Å². The van der Waals surface area contributed by atoms with Crippen molar-refractivity contribution in [2.75, 3.05) is 23.8 Å². The van der Waals surface area contributed by atoms with Crippen molar-refractivity contribution in [2.45, 2.75) is 31.3 Å². The Balaban J connectivity index is 1.40. The highest BCUT2D eigenvalue weighted by atomic mass is 16.3. The van der Waals surface area contributed by atoms with E-state index >= 15 is 0 Å². The van der Waals surface area contributed by atoms with Crippen LogP contribution in [0.3, 0.4) is 0 Å². The number of aliphatic hydroxyl groups excluding tert-OH is 1. The van der Waals surface area contributed by atoms with Crippen molar-refractivity contribution in [1.29, 1.82) is 0 Å². The maximum atomic E-state index is 12.6. The van der Waals surface area contributed by atoms with Crippen molar-refractivity contribution < 1.29 is 14.7 Å². The van der Waals surface area contributed by atoms with Gasteiger partial charge in [0.25, 0.3) is 0 Å². The number of aromatic nitrogens is 3. The van der Waals surface area contributed by atoms with Gasteiger partial charge in [0.15, 0.2) is 0 Å². The number of carbonyl (C=O) groups excluding carboxylic acids is 2. The van der Waals surface area contributed by atoms with Crippen molar-refractivity contribution in [1.82, 2.24) is 19.7 Å². The van der Waals surface area contributed by atoms with Crippen molar-refractivity contribution in [2.24, 2.45) is 5.92 Å². The smallest absolute Gasteiger partial charge is 0.322 e. The van der Waals surface area contributed by atoms with E-state index in [9.17, 15) is 14.7 Å². The minimum absolute atomic E-state index is 0.0340. The first-order valence-electron chi connectivity index (χ1n) is 9.07. The fourth-order valence-corrected chi connectivity index (χ4v) is 3.33. The van der Waals surface area contributed by atoms with Gasteiger partial charge in [-0.2, -0.15) is 5.10 Å². The molecule has 2 aromatic heterocycles. The molecule has 0 spiro atoms. The minimum Gasteiger partial charge on any atom is -0.394 e. The lowest BCUT2D eigenvalue weighted by molar-refractivity contribution is -0.117. The van der Waals surface area contributed by atoms with Gasteiger partial charge in [-0.3, -0.25) is 14.5 Å². The standard InChI is InChI=1S/C18H22N6O3/c25-11-16-6-15(10-23(16)18(27)22-13-2-1-5-19-7-13)24-9-14(8-20-24)21-17(26)12-3-4-12/h1-2,5,7-9,12,15-16,25H,3-4,6,10-11H2,(H,21,26)(H,22,27)/t15-,16-/m0/s1. The number of hydrogen-bond donors (Lipinski definition) is 3. The molecule has 1 saturated heterocycles. The molecule has 0 aromatic carbocycles. The normalized spacial score (nSPS) is 21.9. The van der Waals surface area contributed by atoms with Gasteiger partial charge in [0, 0.05) is 24.9 Å². The first-order valence-corrected chi connectivity index (χ1v) is 9.07. The van der Waals surface area contributed by atoms with Crippen LogP contribution in [-0.2, 0) is 4.79 Å². The van der Waals surface area contributed by atoms with E-state index in [2.05, 4.69) is 20.7 Å². The molecule has 9 heteroatoms. The van der Waals surface area contributed by atoms with E-state index in [1.54, 1.807) is 46.5 Å². The third-order valence-corrected chi connectivity index (χ3v) is 4.97. The van der Waals surface area contributed by atoms with E-state index in [0.29, 0.717) is 24.3 Å². The molecule has 2 fully saturated rings. The number of rotatable bonds is 5. The number of aliphatic hydroxyl groups is 1. The highest BCUT2D eigenvalue weighted by Gasteiger charge is 2.36. The topological polar surface area (TPSA) is 112 Å². The average Bonchev–Trinajstić information content (AvgIpc) is 3.28. The summed E-state index contributed by atoms with van der Waals surface area (Å²) in [5.41, 5.74) is 1.26. The SMILES string of the molecule is O=C(Nc1cnn([C@H]2C[C@@H](CO)N(C(=O)Nc3cccnc3)C2)c1)C1CC1. The molecular weight excluding hydrogens is 348 g/mol. The Morgan fingerprint density at radius 3 is 2.78 bits per heavy atom. The third-order valence-electron chi connectivity index (χ3n) is 4.97. The molecule has 1 aliphatic carbocycles. The molecule has 2 aliphatic rings. The molecule has 3 N–H and O–H groups in total. The lowest BCUT2D eigenvalue weighted by atomic mass is 10.2. The number of likely N-dealkylation sites (tertiary alicyclic amines) is 1. The number of amides is 3. The van der Waals surface area contributed by atoms with E-state index in [4.69, 9.17) is 0 Å². The summed E-state index contributed by atoms with van der Waals surface area (Å²) in [6.07, 6.45) is 9.09. The molecule has 2 aromatic rings. The second kappa shape index (κ2) is 7.36. The largest absolute Gasteiger partial charge is 0.394 e. The second-order valence-electron chi connectivity index (χ2n) is 7.02. The van der Waals surface area contributed by atoms with Gasteiger partial charge in [0.05, 0.1) is 42.5 Å². The molecule has 0 radical (unpaired) electrons. The Kier molecular flexibility index (Phi) is 4.76.